The van der Waals surface area contributed by atoms with E-state index in [2.05, 4.69) is 25.9 Å². The Morgan fingerprint density at radius 3 is 2.48 bits per heavy atom. The predicted molar refractivity (Wildman–Crippen MR) is 121 cm³/mol. The number of halogens is 3. The molecule has 1 aromatic heterocycles. The largest absolute Gasteiger partial charge is 0.326 e. The third kappa shape index (κ3) is 4.66. The van der Waals surface area contributed by atoms with Gasteiger partial charge in [0, 0.05) is 22.2 Å². The summed E-state index contributed by atoms with van der Waals surface area (Å²) in [6, 6.07) is 11.4. The molecule has 1 aliphatic heterocycles. The molecule has 0 spiro atoms. The maximum atomic E-state index is 12.9. The van der Waals surface area contributed by atoms with Gasteiger partial charge in [-0.3, -0.25) is 19.4 Å². The number of aromatic nitrogens is 2. The molecule has 11 heteroatoms. The summed E-state index contributed by atoms with van der Waals surface area (Å²) in [4.78, 5) is 44.7. The number of amides is 2. The molecule has 0 fully saturated rings. The quantitative estimate of drug-likeness (QED) is 0.439. The highest BCUT2D eigenvalue weighted by atomic mass is 35.5. The van der Waals surface area contributed by atoms with Crippen LogP contribution in [0.3, 0.4) is 0 Å². The zero-order valence-corrected chi connectivity index (χ0v) is 17.9. The first-order chi connectivity index (χ1) is 14.8. The first kappa shape index (κ1) is 21.2. The van der Waals surface area contributed by atoms with Crippen LogP contribution >= 0.6 is 34.8 Å². The highest BCUT2D eigenvalue weighted by Crippen LogP contribution is 2.31. The van der Waals surface area contributed by atoms with Crippen molar-refractivity contribution in [1.29, 1.82) is 0 Å². The van der Waals surface area contributed by atoms with Crippen LogP contribution in [0.5, 0.6) is 0 Å². The Balaban J connectivity index is 1.66. The van der Waals surface area contributed by atoms with Gasteiger partial charge in [-0.1, -0.05) is 46.9 Å². The van der Waals surface area contributed by atoms with Crippen molar-refractivity contribution in [2.45, 2.75) is 12.3 Å². The lowest BCUT2D eigenvalue weighted by atomic mass is 9.92. The summed E-state index contributed by atoms with van der Waals surface area (Å²) in [5, 5.41) is 9.19. The van der Waals surface area contributed by atoms with Gasteiger partial charge >= 0.3 is 0 Å². The van der Waals surface area contributed by atoms with Crippen molar-refractivity contribution >= 4 is 69.8 Å². The molecule has 4 N–H and O–H groups in total. The van der Waals surface area contributed by atoms with E-state index in [9.17, 15) is 14.4 Å². The monoisotopic (exact) mass is 477 g/mol. The summed E-state index contributed by atoms with van der Waals surface area (Å²) < 4.78 is 0. The number of anilines is 4. The standard InChI is InChI=1S/C20H14Cl3N5O3/c21-9-5-10(22)7-11(6-9)24-20-27-17-16(19(31)28-20)12(8-15(29)26-17)18(30)25-14-4-2-1-3-13(14)23/h1-7,12H,8H2,(H,25,30)(H3,24,26,27,28,29,31)/t12-/m0/s1. The summed E-state index contributed by atoms with van der Waals surface area (Å²) in [6.45, 7) is 0. The van der Waals surface area contributed by atoms with Gasteiger partial charge in [-0.15, -0.1) is 0 Å². The average Bonchev–Trinajstić information content (AvgIpc) is 2.68. The van der Waals surface area contributed by atoms with Crippen molar-refractivity contribution in [3.63, 3.8) is 0 Å². The minimum absolute atomic E-state index is 0.00469. The maximum absolute atomic E-state index is 12.9. The number of H-pyrrole nitrogens is 1. The van der Waals surface area contributed by atoms with Gasteiger partial charge in [-0.2, -0.15) is 4.98 Å². The van der Waals surface area contributed by atoms with Crippen molar-refractivity contribution in [1.82, 2.24) is 9.97 Å². The molecule has 0 radical (unpaired) electrons. The average molecular weight is 479 g/mol. The molecule has 0 aliphatic carbocycles. The van der Waals surface area contributed by atoms with E-state index in [1.807, 2.05) is 0 Å². The lowest BCUT2D eigenvalue weighted by Gasteiger charge is -2.24. The van der Waals surface area contributed by atoms with Gasteiger partial charge in [0.25, 0.3) is 5.56 Å². The minimum Gasteiger partial charge on any atom is -0.326 e. The van der Waals surface area contributed by atoms with Crippen LogP contribution in [0.2, 0.25) is 15.1 Å². The van der Waals surface area contributed by atoms with Crippen LogP contribution in [0, 0.1) is 0 Å². The summed E-state index contributed by atoms with van der Waals surface area (Å²) in [5.74, 6) is -1.98. The zero-order chi connectivity index (χ0) is 22.1. The fraction of sp³-hybridized carbons (Fsp3) is 0.100. The Hall–Kier alpha value is -3.07. The van der Waals surface area contributed by atoms with Gasteiger partial charge in [-0.25, -0.2) is 0 Å². The Bertz CT molecular complexity index is 1240. The van der Waals surface area contributed by atoms with Crippen molar-refractivity contribution in [2.75, 3.05) is 16.0 Å². The maximum Gasteiger partial charge on any atom is 0.258 e. The van der Waals surface area contributed by atoms with Crippen LogP contribution in [-0.2, 0) is 9.59 Å². The fourth-order valence-corrected chi connectivity index (χ4v) is 3.91. The number of para-hydroxylation sites is 1. The highest BCUT2D eigenvalue weighted by Gasteiger charge is 2.35. The molecule has 1 atom stereocenters. The second-order valence-corrected chi connectivity index (χ2v) is 8.01. The normalized spacial score (nSPS) is 15.1. The SMILES string of the molecule is O=C1C[C@H](C(=O)Nc2ccccc2Cl)c2c(nc(Nc3cc(Cl)cc(Cl)c3)[nH]c2=O)N1. The topological polar surface area (TPSA) is 116 Å². The Morgan fingerprint density at radius 1 is 1.06 bits per heavy atom. The minimum atomic E-state index is -1.04. The molecule has 2 amide bonds. The number of aromatic amines is 1. The van der Waals surface area contributed by atoms with E-state index in [-0.39, 0.29) is 23.8 Å². The molecular formula is C20H14Cl3N5O3. The first-order valence-corrected chi connectivity index (χ1v) is 10.2. The van der Waals surface area contributed by atoms with E-state index < -0.39 is 23.3 Å². The van der Waals surface area contributed by atoms with E-state index in [1.165, 1.54) is 0 Å². The number of hydrogen-bond donors (Lipinski definition) is 4. The third-order valence-electron chi connectivity index (χ3n) is 4.52. The van der Waals surface area contributed by atoms with Crippen molar-refractivity contribution in [3.8, 4) is 0 Å². The van der Waals surface area contributed by atoms with Gasteiger partial charge < -0.3 is 16.0 Å². The lowest BCUT2D eigenvalue weighted by molar-refractivity contribution is -0.123. The Morgan fingerprint density at radius 2 is 1.77 bits per heavy atom. The first-order valence-electron chi connectivity index (χ1n) is 9.03. The highest BCUT2D eigenvalue weighted by molar-refractivity contribution is 6.35. The van der Waals surface area contributed by atoms with Crippen LogP contribution in [0.25, 0.3) is 0 Å². The molecule has 2 heterocycles. The van der Waals surface area contributed by atoms with Crippen LogP contribution in [-0.4, -0.2) is 21.8 Å². The molecule has 4 rings (SSSR count). The summed E-state index contributed by atoms with van der Waals surface area (Å²) in [6.07, 6.45) is -0.204. The molecule has 0 unspecified atom stereocenters. The molecule has 0 saturated carbocycles. The van der Waals surface area contributed by atoms with Crippen molar-refractivity contribution in [2.24, 2.45) is 0 Å². The molecule has 31 heavy (non-hydrogen) atoms. The van der Waals surface area contributed by atoms with E-state index >= 15 is 0 Å². The number of rotatable bonds is 4. The van der Waals surface area contributed by atoms with E-state index in [1.54, 1.807) is 42.5 Å². The van der Waals surface area contributed by atoms with Crippen LogP contribution in [0.1, 0.15) is 17.9 Å². The van der Waals surface area contributed by atoms with Crippen LogP contribution in [0.15, 0.2) is 47.3 Å². The second-order valence-electron chi connectivity index (χ2n) is 6.73. The molecule has 8 nitrogen and oxygen atoms in total. The second kappa shape index (κ2) is 8.58. The zero-order valence-electron chi connectivity index (χ0n) is 15.6. The number of hydrogen-bond acceptors (Lipinski definition) is 5. The summed E-state index contributed by atoms with van der Waals surface area (Å²) in [5.41, 5.74) is 0.344. The van der Waals surface area contributed by atoms with Crippen LogP contribution in [0.4, 0.5) is 23.1 Å². The fourth-order valence-electron chi connectivity index (χ4n) is 3.20. The van der Waals surface area contributed by atoms with Gasteiger partial charge in [0.05, 0.1) is 22.2 Å². The molecule has 158 valence electrons. The van der Waals surface area contributed by atoms with Crippen molar-refractivity contribution < 1.29 is 9.59 Å². The third-order valence-corrected chi connectivity index (χ3v) is 5.29. The van der Waals surface area contributed by atoms with Gasteiger partial charge in [0.15, 0.2) is 0 Å². The number of nitrogens with one attached hydrogen (secondary N) is 4. The van der Waals surface area contributed by atoms with E-state index in [4.69, 9.17) is 34.8 Å². The van der Waals surface area contributed by atoms with Crippen LogP contribution < -0.4 is 21.5 Å². The smallest absolute Gasteiger partial charge is 0.258 e. The number of carbonyl (C=O) groups is 2. The Kier molecular flexibility index (Phi) is 5.86. The summed E-state index contributed by atoms with van der Waals surface area (Å²) in [7, 11) is 0. The molecule has 0 bridgehead atoms. The number of carbonyl (C=O) groups excluding carboxylic acids is 2. The number of benzene rings is 2. The van der Waals surface area contributed by atoms with Gasteiger partial charge in [-0.05, 0) is 30.3 Å². The number of fused-ring (bicyclic) bond motifs is 1. The van der Waals surface area contributed by atoms with E-state index in [0.717, 1.165) is 0 Å². The van der Waals surface area contributed by atoms with Crippen molar-refractivity contribution in [3.05, 3.63) is 73.4 Å². The van der Waals surface area contributed by atoms with Gasteiger partial charge in [0.2, 0.25) is 17.8 Å². The lowest BCUT2D eigenvalue weighted by Crippen LogP contribution is -2.36. The molecule has 1 aliphatic rings. The predicted octanol–water partition coefficient (Wildman–Crippen LogP) is 4.54. The van der Waals surface area contributed by atoms with E-state index in [0.29, 0.717) is 26.4 Å². The molecule has 0 saturated heterocycles. The molecule has 3 aromatic rings. The van der Waals surface area contributed by atoms with Gasteiger partial charge in [0.1, 0.15) is 5.82 Å². The Labute approximate surface area is 190 Å². The number of nitrogens with zero attached hydrogens (tertiary/aromatic N) is 1. The summed E-state index contributed by atoms with van der Waals surface area (Å²) >= 11 is 18.1. The molecule has 2 aromatic carbocycles. The molecular weight excluding hydrogens is 465 g/mol.